The second-order valence-corrected chi connectivity index (χ2v) is 6.18. The Morgan fingerprint density at radius 2 is 1.71 bits per heavy atom. The number of nitrogens with zero attached hydrogens (tertiary/aromatic N) is 1. The third-order valence-corrected chi connectivity index (χ3v) is 3.94. The molecule has 0 radical (unpaired) electrons. The minimum absolute atomic E-state index is 0.0638. The Hall–Kier alpha value is -1.10. The number of halogens is 2. The summed E-state index contributed by atoms with van der Waals surface area (Å²) >= 11 is 5.86. The molecule has 0 atom stereocenters. The maximum Gasteiger partial charge on any atom is 0.264 e. The molecule has 0 saturated heterocycles. The highest BCUT2D eigenvalue weighted by Gasteiger charge is 2.21. The van der Waals surface area contributed by atoms with Crippen molar-refractivity contribution < 1.29 is 8.42 Å². The van der Waals surface area contributed by atoms with Gasteiger partial charge in [0.25, 0.3) is 9.05 Å². The van der Waals surface area contributed by atoms with Crippen molar-refractivity contribution in [2.45, 2.75) is 4.90 Å². The van der Waals surface area contributed by atoms with Gasteiger partial charge in [-0.2, -0.15) is 0 Å². The van der Waals surface area contributed by atoms with E-state index in [1.54, 1.807) is 24.3 Å². The van der Waals surface area contributed by atoms with E-state index in [2.05, 4.69) is 4.98 Å². The normalized spacial score (nSPS) is 11.4. The Morgan fingerprint density at radius 1 is 1.06 bits per heavy atom. The molecule has 88 valence electrons. The van der Waals surface area contributed by atoms with Gasteiger partial charge in [0.15, 0.2) is 0 Å². The molecule has 0 amide bonds. The maximum atomic E-state index is 11.5. The van der Waals surface area contributed by atoms with E-state index >= 15 is 0 Å². The van der Waals surface area contributed by atoms with E-state index in [9.17, 15) is 8.42 Å². The van der Waals surface area contributed by atoms with Gasteiger partial charge in [0, 0.05) is 22.4 Å². The first-order valence-corrected chi connectivity index (χ1v) is 7.33. The molecule has 1 aromatic carbocycles. The number of pyridine rings is 1. The van der Waals surface area contributed by atoms with Gasteiger partial charge >= 0.3 is 0 Å². The lowest BCUT2D eigenvalue weighted by atomic mass is 10.1. The third-order valence-electron chi connectivity index (χ3n) is 2.15. The molecular formula is C11H7Cl2NO2S. The zero-order chi connectivity index (χ0) is 12.5. The minimum Gasteiger partial charge on any atom is -0.255 e. The minimum atomic E-state index is -3.93. The molecule has 0 fully saturated rings. The molecule has 0 aliphatic carbocycles. The van der Waals surface area contributed by atoms with Crippen LogP contribution in [0.1, 0.15) is 0 Å². The van der Waals surface area contributed by atoms with Gasteiger partial charge in [-0.3, -0.25) is 4.98 Å². The molecule has 1 aromatic heterocycles. The lowest BCUT2D eigenvalue weighted by Crippen LogP contribution is -1.98. The lowest BCUT2D eigenvalue weighted by molar-refractivity contribution is 0.609. The van der Waals surface area contributed by atoms with Crippen LogP contribution in [0.25, 0.3) is 11.3 Å². The number of aromatic nitrogens is 1. The summed E-state index contributed by atoms with van der Waals surface area (Å²) in [5, 5.41) is 0.0638. The predicted octanol–water partition coefficient (Wildman–Crippen LogP) is 3.33. The van der Waals surface area contributed by atoms with Crippen LogP contribution in [-0.4, -0.2) is 13.4 Å². The van der Waals surface area contributed by atoms with Crippen LogP contribution in [0.3, 0.4) is 0 Å². The molecule has 0 aliphatic rings. The van der Waals surface area contributed by atoms with Crippen LogP contribution in [0.2, 0.25) is 5.02 Å². The van der Waals surface area contributed by atoms with Crippen LogP contribution in [0.5, 0.6) is 0 Å². The number of rotatable bonds is 2. The topological polar surface area (TPSA) is 47.0 Å². The van der Waals surface area contributed by atoms with Gasteiger partial charge in [0.2, 0.25) is 0 Å². The Kier molecular flexibility index (Phi) is 3.38. The van der Waals surface area contributed by atoms with Crippen molar-refractivity contribution in [3.05, 3.63) is 47.6 Å². The van der Waals surface area contributed by atoms with E-state index in [4.69, 9.17) is 22.3 Å². The zero-order valence-electron chi connectivity index (χ0n) is 8.47. The summed E-state index contributed by atoms with van der Waals surface area (Å²) in [4.78, 5) is 3.87. The molecule has 0 N–H and O–H groups in total. The molecule has 0 saturated carbocycles. The second-order valence-electron chi connectivity index (χ2n) is 3.27. The van der Waals surface area contributed by atoms with E-state index in [-0.39, 0.29) is 15.6 Å². The Morgan fingerprint density at radius 3 is 2.29 bits per heavy atom. The van der Waals surface area contributed by atoms with E-state index in [0.29, 0.717) is 5.56 Å². The monoisotopic (exact) mass is 287 g/mol. The molecular weight excluding hydrogens is 281 g/mol. The van der Waals surface area contributed by atoms with Crippen molar-refractivity contribution in [3.63, 3.8) is 0 Å². The molecule has 6 heteroatoms. The van der Waals surface area contributed by atoms with Crippen molar-refractivity contribution in [3.8, 4) is 11.3 Å². The molecule has 2 aromatic rings. The van der Waals surface area contributed by atoms with Crippen molar-refractivity contribution in [1.82, 2.24) is 4.98 Å². The molecule has 0 aliphatic heterocycles. The summed E-state index contributed by atoms with van der Waals surface area (Å²) in [5.74, 6) is 0. The van der Waals surface area contributed by atoms with E-state index in [0.717, 1.165) is 0 Å². The van der Waals surface area contributed by atoms with Crippen molar-refractivity contribution in [1.29, 1.82) is 0 Å². The van der Waals surface area contributed by atoms with E-state index in [1.807, 2.05) is 6.07 Å². The lowest BCUT2D eigenvalue weighted by Gasteiger charge is -2.07. The van der Waals surface area contributed by atoms with Crippen LogP contribution >= 0.6 is 22.3 Å². The standard InChI is InChI=1S/C11H7Cl2NO2S/c12-9-6-7-14-10(11(9)17(13,15)16)8-4-2-1-3-5-8/h1-7H. The Balaban J connectivity index is 2.76. The number of benzene rings is 1. The number of hydrogen-bond donors (Lipinski definition) is 0. The highest BCUT2D eigenvalue weighted by Crippen LogP contribution is 2.32. The smallest absolute Gasteiger partial charge is 0.255 e. The first-order chi connectivity index (χ1) is 8.00. The van der Waals surface area contributed by atoms with Crippen molar-refractivity contribution >= 4 is 31.3 Å². The molecule has 0 unspecified atom stereocenters. The van der Waals surface area contributed by atoms with Gasteiger partial charge in [-0.15, -0.1) is 0 Å². The summed E-state index contributed by atoms with van der Waals surface area (Å²) in [5.41, 5.74) is 0.905. The predicted molar refractivity (Wildman–Crippen MR) is 67.7 cm³/mol. The summed E-state index contributed by atoms with van der Waals surface area (Å²) in [7, 11) is 1.43. The molecule has 0 spiro atoms. The molecule has 0 bridgehead atoms. The van der Waals surface area contributed by atoms with Crippen LogP contribution < -0.4 is 0 Å². The van der Waals surface area contributed by atoms with Crippen LogP contribution in [0, 0.1) is 0 Å². The maximum absolute atomic E-state index is 11.5. The SMILES string of the molecule is O=S(=O)(Cl)c1c(Cl)ccnc1-c1ccccc1. The average molecular weight is 288 g/mol. The van der Waals surface area contributed by atoms with E-state index < -0.39 is 9.05 Å². The zero-order valence-corrected chi connectivity index (χ0v) is 10.8. The summed E-state index contributed by atoms with van der Waals surface area (Å²) in [6, 6.07) is 10.3. The fraction of sp³-hybridized carbons (Fsp3) is 0. The van der Waals surface area contributed by atoms with Gasteiger partial charge in [-0.05, 0) is 6.07 Å². The third kappa shape index (κ3) is 2.60. The van der Waals surface area contributed by atoms with Gasteiger partial charge in [-0.25, -0.2) is 8.42 Å². The summed E-state index contributed by atoms with van der Waals surface area (Å²) < 4.78 is 23.0. The van der Waals surface area contributed by atoms with Crippen LogP contribution in [-0.2, 0) is 9.05 Å². The molecule has 3 nitrogen and oxygen atoms in total. The fourth-order valence-electron chi connectivity index (χ4n) is 1.46. The largest absolute Gasteiger partial charge is 0.264 e. The number of hydrogen-bond acceptors (Lipinski definition) is 3. The highest BCUT2D eigenvalue weighted by atomic mass is 35.7. The highest BCUT2D eigenvalue weighted by molar-refractivity contribution is 8.14. The van der Waals surface area contributed by atoms with Gasteiger partial charge < -0.3 is 0 Å². The Labute approximate surface area is 108 Å². The van der Waals surface area contributed by atoms with E-state index in [1.165, 1.54) is 12.3 Å². The van der Waals surface area contributed by atoms with Crippen molar-refractivity contribution in [2.24, 2.45) is 0 Å². The van der Waals surface area contributed by atoms with Crippen LogP contribution in [0.15, 0.2) is 47.5 Å². The fourth-order valence-corrected chi connectivity index (χ4v) is 3.20. The Bertz CT molecular complexity index is 642. The first kappa shape index (κ1) is 12.4. The van der Waals surface area contributed by atoms with Crippen LogP contribution in [0.4, 0.5) is 0 Å². The second kappa shape index (κ2) is 4.64. The molecule has 2 rings (SSSR count). The average Bonchev–Trinajstić information content (AvgIpc) is 2.28. The first-order valence-electron chi connectivity index (χ1n) is 4.65. The molecule has 17 heavy (non-hydrogen) atoms. The van der Waals surface area contributed by atoms with Gasteiger partial charge in [-0.1, -0.05) is 41.9 Å². The van der Waals surface area contributed by atoms with Crippen molar-refractivity contribution in [2.75, 3.05) is 0 Å². The summed E-state index contributed by atoms with van der Waals surface area (Å²) in [6.07, 6.45) is 1.44. The summed E-state index contributed by atoms with van der Waals surface area (Å²) in [6.45, 7) is 0. The van der Waals surface area contributed by atoms with Gasteiger partial charge in [0.1, 0.15) is 4.90 Å². The molecule has 1 heterocycles. The van der Waals surface area contributed by atoms with Gasteiger partial charge in [0.05, 0.1) is 10.7 Å². The quantitative estimate of drug-likeness (QED) is 0.796.